The summed E-state index contributed by atoms with van der Waals surface area (Å²) in [6.07, 6.45) is 12.2. The number of nitrogens with one attached hydrogen (secondary N) is 2. The first-order chi connectivity index (χ1) is 11.2. The molecule has 1 heterocycles. The lowest BCUT2D eigenvalue weighted by molar-refractivity contribution is 0.134. The fourth-order valence-electron chi connectivity index (χ4n) is 2.78. The molecule has 0 unspecified atom stereocenters. The van der Waals surface area contributed by atoms with Crippen molar-refractivity contribution in [2.24, 2.45) is 0 Å². The van der Waals surface area contributed by atoms with Gasteiger partial charge in [-0.25, -0.2) is 9.78 Å². The number of carbonyl (C=O) groups excluding carboxylic acids is 1. The summed E-state index contributed by atoms with van der Waals surface area (Å²) in [6, 6.07) is 0.277. The molecule has 0 aliphatic heterocycles. The molecule has 1 atom stereocenters. The van der Waals surface area contributed by atoms with Crippen LogP contribution in [0.5, 0.6) is 5.88 Å². The summed E-state index contributed by atoms with van der Waals surface area (Å²) in [5, 5.41) is 6.05. The molecule has 0 spiro atoms. The largest absolute Gasteiger partial charge is 0.473 e. The van der Waals surface area contributed by atoms with Gasteiger partial charge >= 0.3 is 6.03 Å². The number of hydrogen-bond acceptors (Lipinski definition) is 4. The maximum absolute atomic E-state index is 12.0. The highest BCUT2D eigenvalue weighted by molar-refractivity contribution is 5.74. The van der Waals surface area contributed by atoms with Crippen LogP contribution in [0.2, 0.25) is 0 Å². The SMILES string of the molecule is C=CC[C@@H](CC)NC(=O)NC1CCC(Oc2cnccn2)CC1. The Hall–Kier alpha value is -2.11. The van der Waals surface area contributed by atoms with Gasteiger partial charge in [0.1, 0.15) is 6.10 Å². The van der Waals surface area contributed by atoms with Crippen LogP contribution in [-0.4, -0.2) is 34.2 Å². The highest BCUT2D eigenvalue weighted by Crippen LogP contribution is 2.22. The van der Waals surface area contributed by atoms with Gasteiger partial charge in [0.05, 0.1) is 6.20 Å². The molecule has 2 rings (SSSR count). The predicted octanol–water partition coefficient (Wildman–Crippen LogP) is 2.82. The highest BCUT2D eigenvalue weighted by Gasteiger charge is 2.24. The first kappa shape index (κ1) is 17.2. The number of carbonyl (C=O) groups is 1. The molecule has 1 fully saturated rings. The maximum atomic E-state index is 12.0. The third-order valence-electron chi connectivity index (χ3n) is 4.12. The minimum Gasteiger partial charge on any atom is -0.473 e. The second kappa shape index (κ2) is 9.12. The molecule has 23 heavy (non-hydrogen) atoms. The van der Waals surface area contributed by atoms with E-state index in [9.17, 15) is 4.79 Å². The van der Waals surface area contributed by atoms with Crippen molar-refractivity contribution in [2.75, 3.05) is 0 Å². The second-order valence-corrected chi connectivity index (χ2v) is 5.88. The number of amides is 2. The lowest BCUT2D eigenvalue weighted by atomic mass is 9.93. The molecule has 126 valence electrons. The molecule has 2 amide bonds. The Kier molecular flexibility index (Phi) is 6.84. The zero-order valence-corrected chi connectivity index (χ0v) is 13.7. The Bertz CT molecular complexity index is 487. The van der Waals surface area contributed by atoms with Crippen molar-refractivity contribution < 1.29 is 9.53 Å². The summed E-state index contributed by atoms with van der Waals surface area (Å²) in [4.78, 5) is 20.1. The van der Waals surface area contributed by atoms with Gasteiger partial charge in [-0.05, 0) is 38.5 Å². The monoisotopic (exact) mass is 318 g/mol. The standard InChI is InChI=1S/C17H26N4O2/c1-3-5-13(4-2)20-17(22)21-14-6-8-15(9-7-14)23-16-12-18-10-11-19-16/h3,10-15H,1,4-9H2,2H3,(H2,20,21,22)/t13-,14?,15?/m1/s1. The molecule has 0 aromatic carbocycles. The number of ether oxygens (including phenoxy) is 1. The van der Waals surface area contributed by atoms with Crippen LogP contribution in [0.15, 0.2) is 31.2 Å². The average molecular weight is 318 g/mol. The second-order valence-electron chi connectivity index (χ2n) is 5.88. The van der Waals surface area contributed by atoms with Gasteiger partial charge in [0, 0.05) is 24.5 Å². The van der Waals surface area contributed by atoms with Crippen molar-refractivity contribution in [3.05, 3.63) is 31.2 Å². The van der Waals surface area contributed by atoms with E-state index in [1.54, 1.807) is 18.6 Å². The van der Waals surface area contributed by atoms with Gasteiger partial charge in [-0.3, -0.25) is 4.98 Å². The number of aromatic nitrogens is 2. The Morgan fingerprint density at radius 3 is 2.83 bits per heavy atom. The Morgan fingerprint density at radius 1 is 1.43 bits per heavy atom. The quantitative estimate of drug-likeness (QED) is 0.758. The fourth-order valence-corrected chi connectivity index (χ4v) is 2.78. The molecule has 1 aliphatic rings. The van der Waals surface area contributed by atoms with E-state index in [4.69, 9.17) is 4.74 Å². The van der Waals surface area contributed by atoms with Crippen molar-refractivity contribution in [1.29, 1.82) is 0 Å². The molecule has 1 saturated carbocycles. The van der Waals surface area contributed by atoms with Crippen LogP contribution in [0.1, 0.15) is 45.4 Å². The molecule has 1 aromatic rings. The summed E-state index contributed by atoms with van der Waals surface area (Å²) >= 11 is 0. The summed E-state index contributed by atoms with van der Waals surface area (Å²) in [5.74, 6) is 0.567. The van der Waals surface area contributed by atoms with E-state index in [0.29, 0.717) is 5.88 Å². The van der Waals surface area contributed by atoms with Gasteiger partial charge in [-0.1, -0.05) is 13.0 Å². The van der Waals surface area contributed by atoms with Crippen LogP contribution in [0.3, 0.4) is 0 Å². The van der Waals surface area contributed by atoms with Crippen molar-refractivity contribution in [3.63, 3.8) is 0 Å². The number of nitrogens with zero attached hydrogens (tertiary/aromatic N) is 2. The third-order valence-corrected chi connectivity index (χ3v) is 4.12. The van der Waals surface area contributed by atoms with Crippen LogP contribution >= 0.6 is 0 Å². The molecule has 0 bridgehead atoms. The number of hydrogen-bond donors (Lipinski definition) is 2. The topological polar surface area (TPSA) is 76.1 Å². The van der Waals surface area contributed by atoms with E-state index in [2.05, 4.69) is 34.1 Å². The molecule has 0 radical (unpaired) electrons. The summed E-state index contributed by atoms with van der Waals surface area (Å²) in [6.45, 7) is 5.78. The fraction of sp³-hybridized carbons (Fsp3) is 0.588. The normalized spacial score (nSPS) is 22.0. The van der Waals surface area contributed by atoms with Crippen molar-refractivity contribution in [2.45, 2.75) is 63.6 Å². The van der Waals surface area contributed by atoms with Gasteiger partial charge < -0.3 is 15.4 Å². The third kappa shape index (κ3) is 5.88. The van der Waals surface area contributed by atoms with Gasteiger partial charge in [0.25, 0.3) is 0 Å². The van der Waals surface area contributed by atoms with E-state index in [1.165, 1.54) is 0 Å². The highest BCUT2D eigenvalue weighted by atomic mass is 16.5. The minimum atomic E-state index is -0.0861. The van der Waals surface area contributed by atoms with Crippen LogP contribution in [0.25, 0.3) is 0 Å². The Morgan fingerprint density at radius 2 is 2.22 bits per heavy atom. The number of rotatable bonds is 7. The molecule has 1 aromatic heterocycles. The first-order valence-corrected chi connectivity index (χ1v) is 8.31. The van der Waals surface area contributed by atoms with Crippen molar-refractivity contribution in [3.8, 4) is 5.88 Å². The molecule has 2 N–H and O–H groups in total. The van der Waals surface area contributed by atoms with Crippen LogP contribution in [0, 0.1) is 0 Å². The first-order valence-electron chi connectivity index (χ1n) is 8.31. The van der Waals surface area contributed by atoms with E-state index < -0.39 is 0 Å². The van der Waals surface area contributed by atoms with E-state index >= 15 is 0 Å². The van der Waals surface area contributed by atoms with Gasteiger partial charge in [-0.2, -0.15) is 0 Å². The van der Waals surface area contributed by atoms with Crippen LogP contribution in [0.4, 0.5) is 4.79 Å². The van der Waals surface area contributed by atoms with E-state index in [-0.39, 0.29) is 24.2 Å². The van der Waals surface area contributed by atoms with Gasteiger partial charge in [-0.15, -0.1) is 6.58 Å². The molecule has 1 aliphatic carbocycles. The molecule has 6 nitrogen and oxygen atoms in total. The predicted molar refractivity (Wildman–Crippen MR) is 89.3 cm³/mol. The minimum absolute atomic E-state index is 0.0861. The molecule has 6 heteroatoms. The zero-order chi connectivity index (χ0) is 16.5. The summed E-state index contributed by atoms with van der Waals surface area (Å²) in [7, 11) is 0. The molecular formula is C17H26N4O2. The average Bonchev–Trinajstić information content (AvgIpc) is 2.57. The smallest absolute Gasteiger partial charge is 0.315 e. The lowest BCUT2D eigenvalue weighted by Gasteiger charge is -2.29. The lowest BCUT2D eigenvalue weighted by Crippen LogP contribution is -2.47. The van der Waals surface area contributed by atoms with Gasteiger partial charge in [0.2, 0.25) is 5.88 Å². The summed E-state index contributed by atoms with van der Waals surface area (Å²) < 4.78 is 5.81. The Balaban J connectivity index is 1.70. The summed E-state index contributed by atoms with van der Waals surface area (Å²) in [5.41, 5.74) is 0. The number of urea groups is 1. The van der Waals surface area contributed by atoms with Crippen LogP contribution < -0.4 is 15.4 Å². The molecule has 0 saturated heterocycles. The van der Waals surface area contributed by atoms with Crippen LogP contribution in [-0.2, 0) is 0 Å². The molecular weight excluding hydrogens is 292 g/mol. The maximum Gasteiger partial charge on any atom is 0.315 e. The van der Waals surface area contributed by atoms with Crippen molar-refractivity contribution in [1.82, 2.24) is 20.6 Å². The Labute approximate surface area is 137 Å². The zero-order valence-electron chi connectivity index (χ0n) is 13.7. The van der Waals surface area contributed by atoms with E-state index in [1.807, 2.05) is 6.08 Å². The van der Waals surface area contributed by atoms with Gasteiger partial charge in [0.15, 0.2) is 0 Å². The van der Waals surface area contributed by atoms with E-state index in [0.717, 1.165) is 38.5 Å². The van der Waals surface area contributed by atoms with Crippen molar-refractivity contribution >= 4 is 6.03 Å².